The van der Waals surface area contributed by atoms with Crippen molar-refractivity contribution < 1.29 is 0 Å². The minimum absolute atomic E-state index is 0.983. The van der Waals surface area contributed by atoms with Gasteiger partial charge < -0.3 is 0 Å². The fourth-order valence-corrected chi connectivity index (χ4v) is 1.01. The van der Waals surface area contributed by atoms with E-state index >= 15 is 0 Å². The fraction of sp³-hybridized carbons (Fsp3) is 0.750. The Morgan fingerprint density at radius 3 is 2.91 bits per heavy atom. The van der Waals surface area contributed by atoms with Crippen molar-refractivity contribution in [3.63, 3.8) is 0 Å². The van der Waals surface area contributed by atoms with Crippen LogP contribution < -0.4 is 0 Å². The van der Waals surface area contributed by atoms with Gasteiger partial charge in [0, 0.05) is 6.54 Å². The number of unbranched alkanes of at least 4 members (excludes halogenated alkanes) is 3. The van der Waals surface area contributed by atoms with Gasteiger partial charge >= 0.3 is 0 Å². The normalized spacial score (nSPS) is 10.3. The summed E-state index contributed by atoms with van der Waals surface area (Å²) in [6.07, 6.45) is 9.54. The van der Waals surface area contributed by atoms with Crippen LogP contribution >= 0.6 is 0 Å². The number of aromatic nitrogens is 3. The van der Waals surface area contributed by atoms with E-state index in [4.69, 9.17) is 0 Å². The zero-order valence-corrected chi connectivity index (χ0v) is 6.95. The summed E-state index contributed by atoms with van der Waals surface area (Å²) in [6.45, 7) is 3.19. The molecule has 0 unspecified atom stereocenters. The van der Waals surface area contributed by atoms with Crippen LogP contribution in [0.4, 0.5) is 0 Å². The van der Waals surface area contributed by atoms with Gasteiger partial charge in [0.1, 0.15) is 6.20 Å². The van der Waals surface area contributed by atoms with Crippen LogP contribution in [0.25, 0.3) is 0 Å². The van der Waals surface area contributed by atoms with Gasteiger partial charge in [-0.25, -0.2) is 0 Å². The third-order valence-corrected chi connectivity index (χ3v) is 1.66. The van der Waals surface area contributed by atoms with E-state index in [-0.39, 0.29) is 0 Å². The average Bonchev–Trinajstić information content (AvgIpc) is 2.50. The highest BCUT2D eigenvalue weighted by atomic mass is 15.4. The molecule has 3 heteroatoms. The molecule has 0 aliphatic carbocycles. The van der Waals surface area contributed by atoms with Crippen molar-refractivity contribution in [3.05, 3.63) is 12.4 Å². The molecule has 3 nitrogen and oxygen atoms in total. The van der Waals surface area contributed by atoms with Gasteiger partial charge in [-0.05, 0) is 6.42 Å². The molecule has 0 bridgehead atoms. The second-order valence-corrected chi connectivity index (χ2v) is 2.67. The van der Waals surface area contributed by atoms with Gasteiger partial charge in [-0.15, -0.1) is 5.10 Å². The Kier molecular flexibility index (Phi) is 3.65. The third-order valence-electron chi connectivity index (χ3n) is 1.66. The van der Waals surface area contributed by atoms with Gasteiger partial charge in [0.05, 0.1) is 6.20 Å². The zero-order valence-electron chi connectivity index (χ0n) is 6.95. The molecule has 1 aromatic heterocycles. The molecule has 0 aliphatic heterocycles. The van der Waals surface area contributed by atoms with Crippen molar-refractivity contribution in [2.45, 2.75) is 39.2 Å². The number of rotatable bonds is 5. The van der Waals surface area contributed by atoms with E-state index in [2.05, 4.69) is 23.4 Å². The first-order chi connectivity index (χ1) is 5.43. The van der Waals surface area contributed by atoms with E-state index in [1.165, 1.54) is 25.7 Å². The molecule has 0 N–H and O–H groups in total. The molecular weight excluding hydrogens is 138 g/mol. The fourth-order valence-electron chi connectivity index (χ4n) is 1.01. The number of hydrogen-bond donors (Lipinski definition) is 0. The standard InChI is InChI=1S/C8H14N3/c1-2-3-4-5-7-11-8-6-9-10-11/h8H,2-5,7H2,1H3. The minimum atomic E-state index is 0.983. The largest absolute Gasteiger partial charge is 0.252 e. The van der Waals surface area contributed by atoms with Crippen molar-refractivity contribution in [1.29, 1.82) is 0 Å². The van der Waals surface area contributed by atoms with E-state index in [0.717, 1.165) is 6.54 Å². The monoisotopic (exact) mass is 152 g/mol. The van der Waals surface area contributed by atoms with E-state index in [0.29, 0.717) is 0 Å². The topological polar surface area (TPSA) is 30.7 Å². The van der Waals surface area contributed by atoms with Crippen LogP contribution in [0.15, 0.2) is 6.20 Å². The second-order valence-electron chi connectivity index (χ2n) is 2.67. The highest BCUT2D eigenvalue weighted by Crippen LogP contribution is 1.99. The highest BCUT2D eigenvalue weighted by Gasteiger charge is 1.90. The van der Waals surface area contributed by atoms with Gasteiger partial charge in [0.2, 0.25) is 0 Å². The Balaban J connectivity index is 2.04. The lowest BCUT2D eigenvalue weighted by atomic mass is 10.2. The molecule has 1 aromatic rings. The van der Waals surface area contributed by atoms with Crippen LogP contribution in [0.2, 0.25) is 0 Å². The van der Waals surface area contributed by atoms with Gasteiger partial charge in [-0.1, -0.05) is 31.4 Å². The third kappa shape index (κ3) is 3.16. The Morgan fingerprint density at radius 1 is 1.36 bits per heavy atom. The molecule has 0 amide bonds. The number of nitrogens with zero attached hydrogens (tertiary/aromatic N) is 3. The van der Waals surface area contributed by atoms with Crippen LogP contribution in [-0.4, -0.2) is 15.0 Å². The lowest BCUT2D eigenvalue weighted by molar-refractivity contribution is 0.527. The second kappa shape index (κ2) is 4.88. The predicted octanol–water partition coefficient (Wildman–Crippen LogP) is 1.66. The highest BCUT2D eigenvalue weighted by molar-refractivity contribution is 4.60. The van der Waals surface area contributed by atoms with Gasteiger partial charge in [0.25, 0.3) is 0 Å². The summed E-state index contributed by atoms with van der Waals surface area (Å²) < 4.78 is 1.83. The SMILES string of the molecule is CCCCCCn1c[c]nn1. The maximum atomic E-state index is 3.82. The first-order valence-electron chi connectivity index (χ1n) is 4.19. The van der Waals surface area contributed by atoms with E-state index < -0.39 is 0 Å². The maximum Gasteiger partial charge on any atom is 0.134 e. The smallest absolute Gasteiger partial charge is 0.134 e. The molecule has 61 valence electrons. The Morgan fingerprint density at radius 2 is 2.27 bits per heavy atom. The summed E-state index contributed by atoms with van der Waals surface area (Å²) in [5.74, 6) is 0. The molecule has 0 aromatic carbocycles. The van der Waals surface area contributed by atoms with Crippen LogP contribution in [-0.2, 0) is 6.54 Å². The van der Waals surface area contributed by atoms with Crippen LogP contribution in [0, 0.1) is 6.20 Å². The van der Waals surface area contributed by atoms with Gasteiger partial charge in [-0.3, -0.25) is 4.68 Å². The summed E-state index contributed by atoms with van der Waals surface area (Å²) in [6, 6.07) is 0. The molecule has 1 heterocycles. The predicted molar refractivity (Wildman–Crippen MR) is 43.0 cm³/mol. The molecule has 0 atom stereocenters. The van der Waals surface area contributed by atoms with Gasteiger partial charge in [-0.2, -0.15) is 0 Å². The quantitative estimate of drug-likeness (QED) is 0.601. The summed E-state index contributed by atoms with van der Waals surface area (Å²) >= 11 is 0. The maximum absolute atomic E-state index is 3.82. The molecule has 0 saturated carbocycles. The van der Waals surface area contributed by atoms with E-state index in [9.17, 15) is 0 Å². The van der Waals surface area contributed by atoms with E-state index in [1.807, 2.05) is 4.68 Å². The van der Waals surface area contributed by atoms with Crippen molar-refractivity contribution in [2.24, 2.45) is 0 Å². The van der Waals surface area contributed by atoms with Crippen molar-refractivity contribution in [3.8, 4) is 0 Å². The Hall–Kier alpha value is -0.860. The molecular formula is C8H14N3. The number of aryl methyl sites for hydroxylation is 1. The van der Waals surface area contributed by atoms with Crippen LogP contribution in [0.5, 0.6) is 0 Å². The minimum Gasteiger partial charge on any atom is -0.252 e. The number of hydrogen-bond acceptors (Lipinski definition) is 2. The Labute approximate surface area is 67.4 Å². The molecule has 1 radical (unpaired) electrons. The molecule has 11 heavy (non-hydrogen) atoms. The molecule has 1 rings (SSSR count). The lowest BCUT2D eigenvalue weighted by Gasteiger charge is -1.98. The van der Waals surface area contributed by atoms with Crippen LogP contribution in [0.3, 0.4) is 0 Å². The van der Waals surface area contributed by atoms with Crippen molar-refractivity contribution in [1.82, 2.24) is 15.0 Å². The van der Waals surface area contributed by atoms with Crippen LogP contribution in [0.1, 0.15) is 32.6 Å². The summed E-state index contributed by atoms with van der Waals surface area (Å²) in [4.78, 5) is 0. The zero-order chi connectivity index (χ0) is 7.94. The summed E-state index contributed by atoms with van der Waals surface area (Å²) in [5.41, 5.74) is 0. The van der Waals surface area contributed by atoms with Gasteiger partial charge in [0.15, 0.2) is 0 Å². The van der Waals surface area contributed by atoms with Crippen molar-refractivity contribution in [2.75, 3.05) is 0 Å². The first kappa shape index (κ1) is 8.24. The van der Waals surface area contributed by atoms with Crippen molar-refractivity contribution >= 4 is 0 Å². The molecule has 0 aliphatic rings. The molecule has 0 saturated heterocycles. The Bertz CT molecular complexity index is 169. The summed E-state index contributed by atoms with van der Waals surface area (Å²) in [7, 11) is 0. The first-order valence-corrected chi connectivity index (χ1v) is 4.19. The average molecular weight is 152 g/mol. The van der Waals surface area contributed by atoms with E-state index in [1.54, 1.807) is 6.20 Å². The molecule has 0 fully saturated rings. The summed E-state index contributed by atoms with van der Waals surface area (Å²) in [5, 5.41) is 7.43. The lowest BCUT2D eigenvalue weighted by Crippen LogP contribution is -1.98. The molecule has 0 spiro atoms.